The largest absolute Gasteiger partial charge is 0.378 e. The molecule has 1 fully saturated rings. The van der Waals surface area contributed by atoms with E-state index >= 15 is 0 Å². The number of nitro benzene ring substituents is 1. The van der Waals surface area contributed by atoms with Crippen molar-refractivity contribution in [2.24, 2.45) is 0 Å². The van der Waals surface area contributed by atoms with E-state index in [2.05, 4.69) is 27.1 Å². The van der Waals surface area contributed by atoms with Crippen molar-refractivity contribution >= 4 is 34.7 Å². The highest BCUT2D eigenvalue weighted by molar-refractivity contribution is 6.32. The lowest BCUT2D eigenvalue weighted by molar-refractivity contribution is -0.384. The van der Waals surface area contributed by atoms with E-state index in [4.69, 9.17) is 16.3 Å². The summed E-state index contributed by atoms with van der Waals surface area (Å²) < 4.78 is 5.39. The Morgan fingerprint density at radius 2 is 2.08 bits per heavy atom. The second-order valence-electron chi connectivity index (χ2n) is 5.94. The third-order valence-electron chi connectivity index (χ3n) is 4.01. The lowest BCUT2D eigenvalue weighted by Gasteiger charge is -2.28. The number of nitro groups is 1. The fraction of sp³-hybridized carbons (Fsp3) is 0.412. The molecule has 8 nitrogen and oxygen atoms in total. The monoisotopic (exact) mass is 377 g/mol. The van der Waals surface area contributed by atoms with Gasteiger partial charge in [-0.2, -0.15) is 4.98 Å². The maximum atomic E-state index is 11.1. The first-order valence-electron chi connectivity index (χ1n) is 8.48. The molecule has 1 aliphatic rings. The zero-order chi connectivity index (χ0) is 18.5. The molecular weight excluding hydrogens is 358 g/mol. The summed E-state index contributed by atoms with van der Waals surface area (Å²) in [7, 11) is 0. The van der Waals surface area contributed by atoms with Gasteiger partial charge in [-0.15, -0.1) is 0 Å². The van der Waals surface area contributed by atoms with E-state index in [1.807, 2.05) is 6.07 Å². The molecule has 2 aromatic rings. The lowest BCUT2D eigenvalue weighted by Crippen LogP contribution is -2.37. The fourth-order valence-corrected chi connectivity index (χ4v) is 2.92. The maximum Gasteiger partial charge on any atom is 0.289 e. The third-order valence-corrected chi connectivity index (χ3v) is 4.33. The van der Waals surface area contributed by atoms with Gasteiger partial charge in [0.25, 0.3) is 5.69 Å². The SMILES string of the molecule is CCCc1cc(N2CCOCC2)nc(Nc2ccc(Cl)c([N+](=O)[O-])c2)n1. The van der Waals surface area contributed by atoms with Crippen LogP contribution in [0.4, 0.5) is 23.1 Å². The molecule has 0 atom stereocenters. The summed E-state index contributed by atoms with van der Waals surface area (Å²) in [4.78, 5) is 21.8. The Morgan fingerprint density at radius 1 is 1.31 bits per heavy atom. The van der Waals surface area contributed by atoms with Gasteiger partial charge in [0.2, 0.25) is 5.95 Å². The van der Waals surface area contributed by atoms with Crippen LogP contribution in [0.5, 0.6) is 0 Å². The van der Waals surface area contributed by atoms with Crippen LogP contribution in [0.1, 0.15) is 19.0 Å². The zero-order valence-electron chi connectivity index (χ0n) is 14.4. The van der Waals surface area contributed by atoms with Gasteiger partial charge in [0.15, 0.2) is 0 Å². The standard InChI is InChI=1S/C17H20ClN5O3/c1-2-3-12-11-16(22-6-8-26-9-7-22)21-17(19-12)20-13-4-5-14(18)15(10-13)23(24)25/h4-5,10-11H,2-3,6-9H2,1H3,(H,19,20,21). The van der Waals surface area contributed by atoms with Gasteiger partial charge >= 0.3 is 0 Å². The summed E-state index contributed by atoms with van der Waals surface area (Å²) in [6.07, 6.45) is 1.79. The summed E-state index contributed by atoms with van der Waals surface area (Å²) in [6.45, 7) is 4.97. The van der Waals surface area contributed by atoms with Crippen molar-refractivity contribution in [3.8, 4) is 0 Å². The summed E-state index contributed by atoms with van der Waals surface area (Å²) >= 11 is 5.87. The molecule has 0 radical (unpaired) electrons. The number of anilines is 3. The Morgan fingerprint density at radius 3 is 2.77 bits per heavy atom. The molecule has 9 heteroatoms. The second kappa shape index (κ2) is 8.29. The molecule has 0 amide bonds. The Hall–Kier alpha value is -2.45. The van der Waals surface area contributed by atoms with Gasteiger partial charge in [0, 0.05) is 36.6 Å². The highest BCUT2D eigenvalue weighted by atomic mass is 35.5. The molecule has 26 heavy (non-hydrogen) atoms. The van der Waals surface area contributed by atoms with Gasteiger partial charge in [-0.25, -0.2) is 4.98 Å². The van der Waals surface area contributed by atoms with Crippen molar-refractivity contribution in [2.45, 2.75) is 19.8 Å². The molecule has 0 unspecified atom stereocenters. The molecule has 2 heterocycles. The van der Waals surface area contributed by atoms with Crippen molar-refractivity contribution in [1.29, 1.82) is 0 Å². The minimum Gasteiger partial charge on any atom is -0.378 e. The maximum absolute atomic E-state index is 11.1. The molecule has 3 rings (SSSR count). The molecule has 0 saturated carbocycles. The van der Waals surface area contributed by atoms with E-state index in [1.165, 1.54) is 12.1 Å². The number of aryl methyl sites for hydroxylation is 1. The normalized spacial score (nSPS) is 14.3. The van der Waals surface area contributed by atoms with E-state index < -0.39 is 4.92 Å². The predicted octanol–water partition coefficient (Wildman–Crippen LogP) is 3.57. The number of morpholine rings is 1. The highest BCUT2D eigenvalue weighted by Crippen LogP contribution is 2.29. The van der Waals surface area contributed by atoms with E-state index in [1.54, 1.807) is 6.07 Å². The molecule has 1 N–H and O–H groups in total. The fourth-order valence-electron chi connectivity index (χ4n) is 2.74. The zero-order valence-corrected chi connectivity index (χ0v) is 15.2. The number of halogens is 1. The van der Waals surface area contributed by atoms with Crippen molar-refractivity contribution < 1.29 is 9.66 Å². The first kappa shape index (κ1) is 18.3. The number of rotatable bonds is 6. The number of ether oxygens (including phenoxy) is 1. The van der Waals surface area contributed by atoms with E-state index in [9.17, 15) is 10.1 Å². The number of aromatic nitrogens is 2. The van der Waals surface area contributed by atoms with Gasteiger partial charge in [-0.1, -0.05) is 24.9 Å². The smallest absolute Gasteiger partial charge is 0.289 e. The second-order valence-corrected chi connectivity index (χ2v) is 6.35. The number of benzene rings is 1. The van der Waals surface area contributed by atoms with Gasteiger partial charge in [-0.05, 0) is 18.6 Å². The van der Waals surface area contributed by atoms with Crippen LogP contribution in [-0.4, -0.2) is 41.2 Å². The summed E-state index contributed by atoms with van der Waals surface area (Å²) in [5.41, 5.74) is 1.28. The van der Waals surface area contributed by atoms with Gasteiger partial charge in [0.05, 0.1) is 18.1 Å². The molecule has 1 saturated heterocycles. The lowest BCUT2D eigenvalue weighted by atomic mass is 10.2. The van der Waals surface area contributed by atoms with Gasteiger partial charge in [-0.3, -0.25) is 10.1 Å². The minimum atomic E-state index is -0.513. The Bertz CT molecular complexity index is 796. The van der Waals surface area contributed by atoms with Crippen molar-refractivity contribution in [3.05, 3.63) is 45.1 Å². The topological polar surface area (TPSA) is 93.4 Å². The number of nitrogens with one attached hydrogen (secondary N) is 1. The molecule has 1 aromatic carbocycles. The molecule has 0 spiro atoms. The first-order chi connectivity index (χ1) is 12.6. The molecule has 1 aromatic heterocycles. The minimum absolute atomic E-state index is 0.0928. The summed E-state index contributed by atoms with van der Waals surface area (Å²) in [6, 6.07) is 6.53. The van der Waals surface area contributed by atoms with Crippen LogP contribution < -0.4 is 10.2 Å². The van der Waals surface area contributed by atoms with E-state index in [0.717, 1.165) is 37.4 Å². The Kier molecular flexibility index (Phi) is 5.85. The van der Waals surface area contributed by atoms with E-state index in [0.29, 0.717) is 24.8 Å². The van der Waals surface area contributed by atoms with Gasteiger partial charge in [0.1, 0.15) is 10.8 Å². The van der Waals surface area contributed by atoms with Gasteiger partial charge < -0.3 is 15.0 Å². The average molecular weight is 378 g/mol. The Labute approximate surface area is 156 Å². The number of hydrogen-bond donors (Lipinski definition) is 1. The third kappa shape index (κ3) is 4.39. The van der Waals surface area contributed by atoms with Crippen LogP contribution in [0.2, 0.25) is 5.02 Å². The van der Waals surface area contributed by atoms with Crippen LogP contribution in [0.25, 0.3) is 0 Å². The van der Waals surface area contributed by atoms with Crippen molar-refractivity contribution in [2.75, 3.05) is 36.5 Å². The molecule has 1 aliphatic heterocycles. The highest BCUT2D eigenvalue weighted by Gasteiger charge is 2.16. The summed E-state index contributed by atoms with van der Waals surface area (Å²) in [5.74, 6) is 1.24. The van der Waals surface area contributed by atoms with Crippen LogP contribution in [0.15, 0.2) is 24.3 Å². The van der Waals surface area contributed by atoms with Crippen molar-refractivity contribution in [3.63, 3.8) is 0 Å². The average Bonchev–Trinajstić information content (AvgIpc) is 2.64. The van der Waals surface area contributed by atoms with Crippen LogP contribution in [-0.2, 0) is 11.2 Å². The molecule has 0 aliphatic carbocycles. The van der Waals surface area contributed by atoms with E-state index in [-0.39, 0.29) is 10.7 Å². The van der Waals surface area contributed by atoms with Crippen molar-refractivity contribution in [1.82, 2.24) is 9.97 Å². The molecule has 138 valence electrons. The quantitative estimate of drug-likeness (QED) is 0.607. The molecular formula is C17H20ClN5O3. The van der Waals surface area contributed by atoms with Crippen LogP contribution in [0.3, 0.4) is 0 Å². The summed E-state index contributed by atoms with van der Waals surface area (Å²) in [5, 5.41) is 14.2. The number of nitrogens with zero attached hydrogens (tertiary/aromatic N) is 4. The molecule has 0 bridgehead atoms. The Balaban J connectivity index is 1.89. The first-order valence-corrected chi connectivity index (χ1v) is 8.86. The van der Waals surface area contributed by atoms with Crippen LogP contribution >= 0.6 is 11.6 Å². The predicted molar refractivity (Wildman–Crippen MR) is 100 cm³/mol. The number of hydrogen-bond acceptors (Lipinski definition) is 7. The van der Waals surface area contributed by atoms with Crippen LogP contribution in [0, 0.1) is 10.1 Å².